The lowest BCUT2D eigenvalue weighted by Gasteiger charge is -2.10. The van der Waals surface area contributed by atoms with E-state index >= 15 is 0 Å². The minimum absolute atomic E-state index is 0.0693. The smallest absolute Gasteiger partial charge is 0.123 e. The fourth-order valence-corrected chi connectivity index (χ4v) is 2.04. The third-order valence-corrected chi connectivity index (χ3v) is 3.00. The van der Waals surface area contributed by atoms with Crippen molar-refractivity contribution >= 4 is 11.0 Å². The monoisotopic (exact) mass is 241 g/mol. The van der Waals surface area contributed by atoms with E-state index in [1.54, 1.807) is 0 Å². The third-order valence-electron chi connectivity index (χ3n) is 3.00. The second-order valence-corrected chi connectivity index (χ2v) is 4.44. The number of fused-ring (bicyclic) bond motifs is 1. The first-order chi connectivity index (χ1) is 8.76. The molecule has 1 aromatic heterocycles. The van der Waals surface area contributed by atoms with E-state index in [-0.39, 0.29) is 6.04 Å². The van der Waals surface area contributed by atoms with Gasteiger partial charge in [0.25, 0.3) is 0 Å². The summed E-state index contributed by atoms with van der Waals surface area (Å²) in [4.78, 5) is 4.67. The van der Waals surface area contributed by atoms with Crippen molar-refractivity contribution in [2.75, 3.05) is 0 Å². The molecule has 0 amide bonds. The molecule has 2 rings (SSSR count). The highest BCUT2D eigenvalue weighted by atomic mass is 15.1. The van der Waals surface area contributed by atoms with Crippen LogP contribution < -0.4 is 5.32 Å². The van der Waals surface area contributed by atoms with E-state index in [1.807, 2.05) is 13.0 Å². The first-order valence-electron chi connectivity index (χ1n) is 6.40. The molecule has 0 saturated carbocycles. The number of nitrogens with zero attached hydrogens (tertiary/aromatic N) is 2. The number of hydrogen-bond donors (Lipinski definition) is 1. The van der Waals surface area contributed by atoms with Gasteiger partial charge in [-0.3, -0.25) is 5.32 Å². The second kappa shape index (κ2) is 5.70. The lowest BCUT2D eigenvalue weighted by Crippen LogP contribution is -2.25. The molecule has 1 unspecified atom stereocenters. The van der Waals surface area contributed by atoms with Crippen LogP contribution in [0.3, 0.4) is 0 Å². The molecule has 1 N–H and O–H groups in total. The van der Waals surface area contributed by atoms with Crippen LogP contribution in [0.1, 0.15) is 26.1 Å². The molecule has 0 fully saturated rings. The highest BCUT2D eigenvalue weighted by Crippen LogP contribution is 2.16. The molecule has 1 aromatic carbocycles. The number of aromatic nitrogens is 2. The summed E-state index contributed by atoms with van der Waals surface area (Å²) in [5, 5.41) is 3.29. The molecule has 0 aliphatic rings. The van der Waals surface area contributed by atoms with Crippen LogP contribution in [-0.2, 0) is 13.1 Å². The Labute approximate surface area is 108 Å². The number of imidazole rings is 1. The zero-order valence-corrected chi connectivity index (χ0v) is 11.0. The molecule has 0 aliphatic carbocycles. The molecule has 1 heterocycles. The van der Waals surface area contributed by atoms with Crippen molar-refractivity contribution in [1.29, 1.82) is 0 Å². The maximum atomic E-state index is 5.37. The van der Waals surface area contributed by atoms with Crippen LogP contribution in [0.4, 0.5) is 0 Å². The van der Waals surface area contributed by atoms with E-state index in [0.29, 0.717) is 6.54 Å². The minimum atomic E-state index is 0.0693. The van der Waals surface area contributed by atoms with Gasteiger partial charge in [0.15, 0.2) is 0 Å². The fraction of sp³-hybridized carbons (Fsp3) is 0.400. The Morgan fingerprint density at radius 2 is 2.22 bits per heavy atom. The van der Waals surface area contributed by atoms with Gasteiger partial charge in [-0.1, -0.05) is 25.0 Å². The maximum Gasteiger partial charge on any atom is 0.123 e. The quantitative estimate of drug-likeness (QED) is 0.815. The summed E-state index contributed by atoms with van der Waals surface area (Å²) >= 11 is 0. The number of para-hydroxylation sites is 2. The van der Waals surface area contributed by atoms with Crippen molar-refractivity contribution in [2.24, 2.45) is 0 Å². The lowest BCUT2D eigenvalue weighted by atomic mass is 10.3. The van der Waals surface area contributed by atoms with Gasteiger partial charge < -0.3 is 4.57 Å². The highest BCUT2D eigenvalue weighted by molar-refractivity contribution is 5.75. The Bertz CT molecular complexity index is 563. The topological polar surface area (TPSA) is 29.9 Å². The van der Waals surface area contributed by atoms with Crippen molar-refractivity contribution in [2.45, 2.75) is 39.4 Å². The SMILES string of the molecule is C#CC(C)NCc1nc2ccccc2n1CCC. The first-order valence-corrected chi connectivity index (χ1v) is 6.40. The minimum Gasteiger partial charge on any atom is -0.327 e. The highest BCUT2D eigenvalue weighted by Gasteiger charge is 2.09. The number of nitrogens with one attached hydrogen (secondary N) is 1. The van der Waals surface area contributed by atoms with Gasteiger partial charge in [-0.2, -0.15) is 0 Å². The molecule has 0 aliphatic heterocycles. The number of hydrogen-bond acceptors (Lipinski definition) is 2. The Morgan fingerprint density at radius 1 is 1.44 bits per heavy atom. The van der Waals surface area contributed by atoms with Crippen LogP contribution in [0.15, 0.2) is 24.3 Å². The van der Waals surface area contributed by atoms with Gasteiger partial charge in [-0.05, 0) is 25.5 Å². The van der Waals surface area contributed by atoms with Gasteiger partial charge in [0, 0.05) is 6.54 Å². The maximum absolute atomic E-state index is 5.37. The number of rotatable bonds is 5. The fourth-order valence-electron chi connectivity index (χ4n) is 2.04. The molecule has 3 nitrogen and oxygen atoms in total. The first kappa shape index (κ1) is 12.7. The average Bonchev–Trinajstić information content (AvgIpc) is 2.75. The zero-order chi connectivity index (χ0) is 13.0. The molecule has 0 bridgehead atoms. The van der Waals surface area contributed by atoms with Crippen LogP contribution in [0, 0.1) is 12.3 Å². The summed E-state index contributed by atoms with van der Waals surface area (Å²) in [6.07, 6.45) is 6.46. The van der Waals surface area contributed by atoms with Crippen molar-refractivity contribution in [3.63, 3.8) is 0 Å². The van der Waals surface area contributed by atoms with Gasteiger partial charge in [-0.25, -0.2) is 4.98 Å². The second-order valence-electron chi connectivity index (χ2n) is 4.44. The van der Waals surface area contributed by atoms with Gasteiger partial charge in [0.2, 0.25) is 0 Å². The third kappa shape index (κ3) is 2.55. The summed E-state index contributed by atoms with van der Waals surface area (Å²) in [5.74, 6) is 3.73. The predicted molar refractivity (Wildman–Crippen MR) is 75.2 cm³/mol. The molecule has 3 heteroatoms. The summed E-state index contributed by atoms with van der Waals surface area (Å²) < 4.78 is 2.27. The molecule has 1 atom stereocenters. The summed E-state index contributed by atoms with van der Waals surface area (Å²) in [6.45, 7) is 5.85. The van der Waals surface area contributed by atoms with Crippen molar-refractivity contribution in [3.05, 3.63) is 30.1 Å². The van der Waals surface area contributed by atoms with E-state index in [2.05, 4.69) is 45.9 Å². The van der Waals surface area contributed by atoms with Crippen molar-refractivity contribution in [3.8, 4) is 12.3 Å². The normalized spacial score (nSPS) is 12.5. The van der Waals surface area contributed by atoms with Crippen LogP contribution in [-0.4, -0.2) is 15.6 Å². The van der Waals surface area contributed by atoms with Gasteiger partial charge in [-0.15, -0.1) is 6.42 Å². The average molecular weight is 241 g/mol. The molecule has 0 radical (unpaired) electrons. The van der Waals surface area contributed by atoms with E-state index in [9.17, 15) is 0 Å². The standard InChI is InChI=1S/C15H19N3/c1-4-10-18-14-9-7-6-8-13(14)17-15(18)11-16-12(3)5-2/h2,6-9,12,16H,4,10-11H2,1,3H3. The van der Waals surface area contributed by atoms with Crippen LogP contribution in [0.25, 0.3) is 11.0 Å². The molecular formula is C15H19N3. The van der Waals surface area contributed by atoms with E-state index in [1.165, 1.54) is 5.52 Å². The molecule has 0 spiro atoms. The number of terminal acetylenes is 1. The van der Waals surface area contributed by atoms with Crippen molar-refractivity contribution in [1.82, 2.24) is 14.9 Å². The summed E-state index contributed by atoms with van der Waals surface area (Å²) in [6, 6.07) is 8.31. The Morgan fingerprint density at radius 3 is 2.94 bits per heavy atom. The summed E-state index contributed by atoms with van der Waals surface area (Å²) in [5.41, 5.74) is 2.25. The van der Waals surface area contributed by atoms with E-state index < -0.39 is 0 Å². The van der Waals surface area contributed by atoms with Crippen LogP contribution in [0.2, 0.25) is 0 Å². The number of aryl methyl sites for hydroxylation is 1. The Hall–Kier alpha value is -1.79. The Kier molecular flexibility index (Phi) is 4.01. The molecule has 2 aromatic rings. The molecule has 94 valence electrons. The van der Waals surface area contributed by atoms with Crippen LogP contribution in [0.5, 0.6) is 0 Å². The zero-order valence-electron chi connectivity index (χ0n) is 11.0. The van der Waals surface area contributed by atoms with Crippen molar-refractivity contribution < 1.29 is 0 Å². The number of benzene rings is 1. The van der Waals surface area contributed by atoms with Gasteiger partial charge >= 0.3 is 0 Å². The van der Waals surface area contributed by atoms with E-state index in [0.717, 1.165) is 24.3 Å². The van der Waals surface area contributed by atoms with Gasteiger partial charge in [0.05, 0.1) is 23.6 Å². The summed E-state index contributed by atoms with van der Waals surface area (Å²) in [7, 11) is 0. The van der Waals surface area contributed by atoms with Crippen LogP contribution >= 0.6 is 0 Å². The lowest BCUT2D eigenvalue weighted by molar-refractivity contribution is 0.580. The molecule has 0 saturated heterocycles. The van der Waals surface area contributed by atoms with Gasteiger partial charge in [0.1, 0.15) is 5.82 Å². The molecular weight excluding hydrogens is 222 g/mol. The predicted octanol–water partition coefficient (Wildman–Crippen LogP) is 2.56. The largest absolute Gasteiger partial charge is 0.327 e. The van der Waals surface area contributed by atoms with E-state index in [4.69, 9.17) is 6.42 Å². The Balaban J connectivity index is 2.31. The molecule has 18 heavy (non-hydrogen) atoms.